The number of aromatic nitrogens is 2. The molecule has 0 saturated carbocycles. The van der Waals surface area contributed by atoms with Crippen molar-refractivity contribution in [3.05, 3.63) is 84.7 Å². The van der Waals surface area contributed by atoms with Gasteiger partial charge in [0.25, 0.3) is 0 Å². The Bertz CT molecular complexity index is 1140. The minimum atomic E-state index is -0.125. The smallest absolute Gasteiger partial charge is 0.178 e. The number of fused-ring (bicyclic) bond motifs is 5. The molecule has 3 aromatic rings. The molecule has 2 unspecified atom stereocenters. The zero-order valence-electron chi connectivity index (χ0n) is 18.1. The van der Waals surface area contributed by atoms with Gasteiger partial charge in [0.05, 0.1) is 0 Å². The summed E-state index contributed by atoms with van der Waals surface area (Å²) in [6, 6.07) is 17.3. The molecule has 0 radical (unpaired) electrons. The molecule has 3 heterocycles. The highest BCUT2D eigenvalue weighted by Crippen LogP contribution is 2.62. The third kappa shape index (κ3) is 2.28. The van der Waals surface area contributed by atoms with Gasteiger partial charge in [-0.1, -0.05) is 63.2 Å². The van der Waals surface area contributed by atoms with Crippen LogP contribution in [0.1, 0.15) is 38.3 Å². The first kappa shape index (κ1) is 18.9. The molecule has 2 aliphatic heterocycles. The third-order valence-electron chi connectivity index (χ3n) is 7.36. The lowest BCUT2D eigenvalue weighted by molar-refractivity contribution is 0.131. The fourth-order valence-electron chi connectivity index (χ4n) is 5.43. The highest BCUT2D eigenvalue weighted by molar-refractivity contribution is 5.87. The van der Waals surface area contributed by atoms with Crippen LogP contribution in [0.4, 0.5) is 23.0 Å². The van der Waals surface area contributed by atoms with Crippen LogP contribution in [0.5, 0.6) is 0 Å². The number of hydrogen-bond acceptors (Lipinski definition) is 4. The summed E-state index contributed by atoms with van der Waals surface area (Å²) in [5.74, 6) is 1.84. The minimum Gasteiger partial charge on any atom is -0.301 e. The zero-order valence-corrected chi connectivity index (χ0v) is 18.1. The normalized spacial score (nSPS) is 23.5. The maximum atomic E-state index is 4.82. The van der Waals surface area contributed by atoms with E-state index in [9.17, 15) is 0 Å². The maximum absolute atomic E-state index is 4.82. The molecule has 4 heteroatoms. The highest BCUT2D eigenvalue weighted by atomic mass is 15.5. The van der Waals surface area contributed by atoms with Crippen molar-refractivity contribution in [2.45, 2.75) is 45.7 Å². The van der Waals surface area contributed by atoms with E-state index in [1.54, 1.807) is 12.4 Å². The lowest BCUT2D eigenvalue weighted by atomic mass is 9.57. The summed E-state index contributed by atoms with van der Waals surface area (Å²) in [6.45, 7) is 13.4. The summed E-state index contributed by atoms with van der Waals surface area (Å²) in [6.07, 6.45) is 6.61. The van der Waals surface area contributed by atoms with Gasteiger partial charge in [-0.05, 0) is 36.6 Å². The molecule has 1 aromatic heterocycles. The summed E-state index contributed by atoms with van der Waals surface area (Å²) in [4.78, 5) is 14.4. The Balaban J connectivity index is 1.85. The molecule has 0 spiro atoms. The van der Waals surface area contributed by atoms with Gasteiger partial charge < -0.3 is 9.80 Å². The zero-order chi connectivity index (χ0) is 21.1. The van der Waals surface area contributed by atoms with Crippen molar-refractivity contribution in [2.75, 3.05) is 9.80 Å². The number of anilines is 4. The topological polar surface area (TPSA) is 32.3 Å². The molecule has 0 bridgehead atoms. The van der Waals surface area contributed by atoms with Gasteiger partial charge in [-0.2, -0.15) is 0 Å². The second kappa shape index (κ2) is 6.43. The van der Waals surface area contributed by atoms with Gasteiger partial charge in [-0.15, -0.1) is 6.58 Å². The standard InChI is InChI=1S/C26H28N4/c1-6-15-26(5)19-12-8-10-14-21(19)30-23-22(27-16-17-28-23)29(24(30)25(26,3)4)20-13-9-7-11-18(20)2/h6-14,16-17,24H,1,15H2,2-5H3. The van der Waals surface area contributed by atoms with E-state index in [0.29, 0.717) is 0 Å². The molecule has 5 rings (SSSR count). The number of aryl methyl sites for hydroxylation is 1. The molecular weight excluding hydrogens is 368 g/mol. The number of rotatable bonds is 3. The van der Waals surface area contributed by atoms with E-state index in [-0.39, 0.29) is 17.0 Å². The Hall–Kier alpha value is -3.14. The predicted molar refractivity (Wildman–Crippen MR) is 124 cm³/mol. The van der Waals surface area contributed by atoms with Crippen molar-refractivity contribution < 1.29 is 0 Å². The van der Waals surface area contributed by atoms with Gasteiger partial charge in [0.2, 0.25) is 0 Å². The summed E-state index contributed by atoms with van der Waals surface area (Å²) in [5, 5.41) is 0. The minimum absolute atomic E-state index is 0.0517. The van der Waals surface area contributed by atoms with Crippen LogP contribution >= 0.6 is 0 Å². The van der Waals surface area contributed by atoms with Crippen molar-refractivity contribution in [2.24, 2.45) is 5.41 Å². The van der Waals surface area contributed by atoms with Crippen molar-refractivity contribution in [1.82, 2.24) is 9.97 Å². The van der Waals surface area contributed by atoms with Crippen LogP contribution in [0.25, 0.3) is 0 Å². The lowest BCUT2D eigenvalue weighted by Crippen LogP contribution is -2.61. The van der Waals surface area contributed by atoms with Crippen molar-refractivity contribution in [3.63, 3.8) is 0 Å². The van der Waals surface area contributed by atoms with E-state index in [1.165, 1.54) is 22.5 Å². The Morgan fingerprint density at radius 2 is 1.47 bits per heavy atom. The highest BCUT2D eigenvalue weighted by Gasteiger charge is 2.60. The fourth-order valence-corrected chi connectivity index (χ4v) is 5.43. The number of para-hydroxylation sites is 2. The first-order valence-electron chi connectivity index (χ1n) is 10.6. The van der Waals surface area contributed by atoms with Crippen LogP contribution in [0.15, 0.2) is 73.6 Å². The molecule has 2 aromatic carbocycles. The molecule has 0 fully saturated rings. The third-order valence-corrected chi connectivity index (χ3v) is 7.36. The van der Waals surface area contributed by atoms with E-state index >= 15 is 0 Å². The molecule has 2 atom stereocenters. The van der Waals surface area contributed by atoms with Gasteiger partial charge in [0, 0.05) is 34.6 Å². The number of allylic oxidation sites excluding steroid dienone is 1. The molecular formula is C26H28N4. The van der Waals surface area contributed by atoms with Crippen LogP contribution in [0.3, 0.4) is 0 Å². The number of benzene rings is 2. The van der Waals surface area contributed by atoms with Gasteiger partial charge in [-0.3, -0.25) is 0 Å². The molecule has 152 valence electrons. The van der Waals surface area contributed by atoms with Crippen LogP contribution in [-0.2, 0) is 5.41 Å². The van der Waals surface area contributed by atoms with E-state index in [4.69, 9.17) is 9.97 Å². The average Bonchev–Trinajstić information content (AvgIpc) is 3.09. The molecule has 4 nitrogen and oxygen atoms in total. The van der Waals surface area contributed by atoms with E-state index in [2.05, 4.69) is 98.7 Å². The largest absolute Gasteiger partial charge is 0.301 e. The molecule has 2 aliphatic rings. The molecule has 0 amide bonds. The summed E-state index contributed by atoms with van der Waals surface area (Å²) in [5.41, 5.74) is 4.75. The Morgan fingerprint density at radius 3 is 2.10 bits per heavy atom. The van der Waals surface area contributed by atoms with Crippen molar-refractivity contribution in [3.8, 4) is 0 Å². The first-order valence-corrected chi connectivity index (χ1v) is 10.6. The Labute approximate surface area is 178 Å². The fraction of sp³-hybridized carbons (Fsp3) is 0.308. The summed E-state index contributed by atoms with van der Waals surface area (Å²) >= 11 is 0. The van der Waals surface area contributed by atoms with Crippen LogP contribution < -0.4 is 9.80 Å². The van der Waals surface area contributed by atoms with Crippen molar-refractivity contribution in [1.29, 1.82) is 0 Å². The maximum Gasteiger partial charge on any atom is 0.178 e. The van der Waals surface area contributed by atoms with Gasteiger partial charge in [0.15, 0.2) is 11.6 Å². The second-order valence-corrected chi connectivity index (χ2v) is 9.17. The van der Waals surface area contributed by atoms with Gasteiger partial charge in [0.1, 0.15) is 6.17 Å². The van der Waals surface area contributed by atoms with E-state index in [1.807, 2.05) is 0 Å². The van der Waals surface area contributed by atoms with Crippen molar-refractivity contribution >= 4 is 23.0 Å². The Morgan fingerprint density at radius 1 is 0.900 bits per heavy atom. The summed E-state index contributed by atoms with van der Waals surface area (Å²) in [7, 11) is 0. The first-order chi connectivity index (χ1) is 14.4. The van der Waals surface area contributed by atoms with Crippen LogP contribution in [0, 0.1) is 12.3 Å². The summed E-state index contributed by atoms with van der Waals surface area (Å²) < 4.78 is 0. The SMILES string of the molecule is C=CCC1(C)c2ccccc2N2c3nccnc3N(c3ccccc3C)C2C1(C)C. The molecule has 30 heavy (non-hydrogen) atoms. The number of nitrogens with zero attached hydrogens (tertiary/aromatic N) is 4. The Kier molecular flexibility index (Phi) is 4.04. The van der Waals surface area contributed by atoms with E-state index in [0.717, 1.165) is 18.1 Å². The number of hydrogen-bond donors (Lipinski definition) is 0. The molecule has 0 N–H and O–H groups in total. The molecule has 0 aliphatic carbocycles. The van der Waals surface area contributed by atoms with E-state index < -0.39 is 0 Å². The second-order valence-electron chi connectivity index (χ2n) is 9.17. The van der Waals surface area contributed by atoms with Gasteiger partial charge in [-0.25, -0.2) is 9.97 Å². The van der Waals surface area contributed by atoms with Crippen LogP contribution in [-0.4, -0.2) is 16.1 Å². The average molecular weight is 397 g/mol. The quantitative estimate of drug-likeness (QED) is 0.488. The monoisotopic (exact) mass is 396 g/mol. The molecule has 0 saturated heterocycles. The predicted octanol–water partition coefficient (Wildman–Crippen LogP) is 6.27. The van der Waals surface area contributed by atoms with Gasteiger partial charge >= 0.3 is 0 Å². The lowest BCUT2D eigenvalue weighted by Gasteiger charge is -2.57. The van der Waals surface area contributed by atoms with Crippen LogP contribution in [0.2, 0.25) is 0 Å².